The van der Waals surface area contributed by atoms with Gasteiger partial charge in [-0.25, -0.2) is 0 Å². The highest BCUT2D eigenvalue weighted by atomic mass is 16.8. The number of amides is 2. The highest BCUT2D eigenvalue weighted by Crippen LogP contribution is 2.38. The van der Waals surface area contributed by atoms with Crippen LogP contribution in [0.15, 0.2) is 0 Å². The molecule has 38 nitrogen and oxygen atoms in total. The van der Waals surface area contributed by atoms with E-state index in [0.717, 1.165) is 13.8 Å². The van der Waals surface area contributed by atoms with Crippen LogP contribution in [-0.4, -0.2) is 380 Å². The van der Waals surface area contributed by atoms with Gasteiger partial charge in [0.05, 0.1) is 46.2 Å². The number of ether oxygens (including phenoxy) is 13. The Labute approximate surface area is 475 Å². The van der Waals surface area contributed by atoms with Gasteiger partial charge in [-0.2, -0.15) is 0 Å². The zero-order chi connectivity index (χ0) is 61.9. The second-order valence-electron chi connectivity index (χ2n) is 21.1. The van der Waals surface area contributed by atoms with E-state index in [2.05, 4.69) is 10.6 Å². The van der Waals surface area contributed by atoms with Gasteiger partial charge in [-0.1, -0.05) is 0 Å². The summed E-state index contributed by atoms with van der Waals surface area (Å²) >= 11 is 0. The van der Waals surface area contributed by atoms with Crippen LogP contribution in [0.4, 0.5) is 0 Å². The molecule has 0 aromatic heterocycles. The van der Waals surface area contributed by atoms with Crippen LogP contribution in [0.3, 0.4) is 0 Å². The summed E-state index contributed by atoms with van der Waals surface area (Å²) in [7, 11) is 0. The van der Waals surface area contributed by atoms with Gasteiger partial charge in [0, 0.05) is 13.8 Å². The highest BCUT2D eigenvalue weighted by Gasteiger charge is 2.59. The topological polar surface area (TPSA) is 603 Å². The van der Waals surface area contributed by atoms with Crippen molar-refractivity contribution in [2.24, 2.45) is 0 Å². The van der Waals surface area contributed by atoms with E-state index in [1.54, 1.807) is 0 Å². The number of carbonyl (C=O) groups is 2. The summed E-state index contributed by atoms with van der Waals surface area (Å²) in [6, 6.07) is -3.80. The van der Waals surface area contributed by atoms with Crippen LogP contribution < -0.4 is 10.6 Å². The zero-order valence-electron chi connectivity index (χ0n) is 44.7. The maximum Gasteiger partial charge on any atom is 0.217 e. The summed E-state index contributed by atoms with van der Waals surface area (Å²) < 4.78 is 75.4. The molecule has 0 unspecified atom stereocenters. The van der Waals surface area contributed by atoms with Crippen molar-refractivity contribution in [1.29, 1.82) is 0 Å². The van der Waals surface area contributed by atoms with Crippen LogP contribution in [-0.2, 0) is 71.2 Å². The quantitative estimate of drug-likeness (QED) is 0.0507. The molecule has 7 heterocycles. The number of hydrogen-bond donors (Lipinski definition) is 23. The molecule has 0 radical (unpaired) electrons. The Hall–Kier alpha value is -2.42. The number of aliphatic hydroxyl groups excluding tert-OH is 21. The van der Waals surface area contributed by atoms with Gasteiger partial charge in [-0.15, -0.1) is 0 Å². The largest absolute Gasteiger partial charge is 0.394 e. The van der Waals surface area contributed by atoms with E-state index < -0.39 is 273 Å². The molecule has 0 aromatic carbocycles. The van der Waals surface area contributed by atoms with Crippen molar-refractivity contribution in [3.63, 3.8) is 0 Å². The lowest BCUT2D eigenvalue weighted by molar-refractivity contribution is -0.388. The number of hydrogen-bond acceptors (Lipinski definition) is 36. The first-order valence-corrected chi connectivity index (χ1v) is 26.6. The van der Waals surface area contributed by atoms with Gasteiger partial charge < -0.3 is 179 Å². The van der Waals surface area contributed by atoms with Crippen molar-refractivity contribution in [1.82, 2.24) is 10.6 Å². The van der Waals surface area contributed by atoms with Gasteiger partial charge in [0.1, 0.15) is 171 Å². The van der Waals surface area contributed by atoms with E-state index >= 15 is 0 Å². The minimum absolute atomic E-state index is 0.885. The van der Waals surface area contributed by atoms with Crippen LogP contribution in [0.2, 0.25) is 0 Å². The second-order valence-corrected chi connectivity index (χ2v) is 21.1. The minimum atomic E-state index is -2.32. The van der Waals surface area contributed by atoms with Crippen molar-refractivity contribution >= 4 is 11.8 Å². The van der Waals surface area contributed by atoms with E-state index in [0.29, 0.717) is 0 Å². The lowest BCUT2D eigenvalue weighted by Crippen LogP contribution is -2.71. The van der Waals surface area contributed by atoms with Gasteiger partial charge in [0.15, 0.2) is 44.0 Å². The minimum Gasteiger partial charge on any atom is -0.394 e. The molecule has 0 bridgehead atoms. The third-order valence-corrected chi connectivity index (χ3v) is 15.3. The van der Waals surface area contributed by atoms with E-state index in [4.69, 9.17) is 61.6 Å². The van der Waals surface area contributed by atoms with Crippen molar-refractivity contribution in [2.75, 3.05) is 46.2 Å². The number of carbonyl (C=O) groups excluding carboxylic acids is 2. The van der Waals surface area contributed by atoms with Gasteiger partial charge in [-0.3, -0.25) is 9.59 Å². The maximum atomic E-state index is 13.0. The van der Waals surface area contributed by atoms with Gasteiger partial charge in [0.25, 0.3) is 0 Å². The van der Waals surface area contributed by atoms with Crippen molar-refractivity contribution in [2.45, 2.75) is 229 Å². The third-order valence-electron chi connectivity index (χ3n) is 15.3. The van der Waals surface area contributed by atoms with E-state index in [1.807, 2.05) is 0 Å². The summed E-state index contributed by atoms with van der Waals surface area (Å²) in [5.74, 6) is -1.83. The summed E-state index contributed by atoms with van der Waals surface area (Å²) in [5, 5.41) is 230. The molecule has 84 heavy (non-hydrogen) atoms. The van der Waals surface area contributed by atoms with Crippen LogP contribution in [0.5, 0.6) is 0 Å². The molecule has 7 aliphatic rings. The molecular formula is C46H78N2O36. The average molecular weight is 1240 g/mol. The molecule has 7 fully saturated rings. The first-order chi connectivity index (χ1) is 39.7. The summed E-state index contributed by atoms with van der Waals surface area (Å²) in [5.41, 5.74) is 0. The summed E-state index contributed by atoms with van der Waals surface area (Å²) in [6.45, 7) is -4.87. The Balaban J connectivity index is 1.22. The van der Waals surface area contributed by atoms with Crippen LogP contribution in [0.25, 0.3) is 0 Å². The fourth-order valence-corrected chi connectivity index (χ4v) is 10.6. The van der Waals surface area contributed by atoms with E-state index in [-0.39, 0.29) is 0 Å². The predicted octanol–water partition coefficient (Wildman–Crippen LogP) is -16.0. The molecule has 35 atom stereocenters. The molecule has 7 rings (SSSR count). The molecule has 2 amide bonds. The molecule has 0 saturated carbocycles. The number of aliphatic hydroxyl groups is 21. The van der Waals surface area contributed by atoms with Gasteiger partial charge >= 0.3 is 0 Å². The monoisotopic (exact) mass is 1230 g/mol. The molecule has 488 valence electrons. The smallest absolute Gasteiger partial charge is 0.217 e. The Morgan fingerprint density at radius 1 is 0.310 bits per heavy atom. The lowest BCUT2D eigenvalue weighted by atomic mass is 9.93. The summed E-state index contributed by atoms with van der Waals surface area (Å²) in [4.78, 5) is 25.8. The highest BCUT2D eigenvalue weighted by molar-refractivity contribution is 5.73. The number of rotatable bonds is 21. The fraction of sp³-hybridized carbons (Fsp3) is 0.957. The summed E-state index contributed by atoms with van der Waals surface area (Å²) in [6.07, 6.45) is -65.3. The Morgan fingerprint density at radius 3 is 1.07 bits per heavy atom. The SMILES string of the molecule is CC(=O)N[C@@H]1[C@@H](O[C@@H]2[C@@H](O[C@@H]3O[C@@H](CO)[C@@H](O)[C@H](O)[C@H]3O)[C@H](NC(C)=O)[C@@H](O)O[C@@H]2CO[C@@H]2O[C@@H](CO)[C@H](O)[C@@H](O)[C@@H]2O)O[C@@H](CO)[C@@H](O[C@H]2O[C@H](CO[C@@H]3O[C@@H](CO)[C@H](O)[C@@H](O)[C@@H]3O)[C@H](O)[C@@H](O[C@@H]3O[C@H](CO)[C@@H](O)[C@H](O)[C@H]3O)[C@H]2O)[C@H]1O. The molecule has 23 N–H and O–H groups in total. The molecule has 7 aliphatic heterocycles. The normalized spacial score (nSPS) is 50.3. The first kappa shape index (κ1) is 69.1. The molecule has 0 aliphatic carbocycles. The van der Waals surface area contributed by atoms with Crippen LogP contribution in [0, 0.1) is 0 Å². The molecule has 38 heteroatoms. The van der Waals surface area contributed by atoms with E-state index in [1.165, 1.54) is 0 Å². The Kier molecular flexibility index (Phi) is 24.6. The second kappa shape index (κ2) is 29.9. The van der Waals surface area contributed by atoms with Crippen LogP contribution in [0.1, 0.15) is 13.8 Å². The van der Waals surface area contributed by atoms with Crippen molar-refractivity contribution < 1.29 is 178 Å². The molecule has 0 spiro atoms. The molecular weight excluding hydrogens is 1160 g/mol. The molecule has 0 aromatic rings. The standard InChI is InChI=1S/C46H78N2O36/c1-10(54)47-19-26(61)36(81-46-35(70)39(84-45-34(69)30(65)24(59)15(6-52)78-45)25(60)17(80-46)8-72-42-31(66)27(62)21(56)12(3-49)75-42)16(7-53)79-41(19)82-37-18(9-73-43-32(67)28(63)22(57)13(4-50)76-43)74-40(71)20(48-11(2)55)38(37)83-44-33(68)29(64)23(58)14(5-51)77-44/h12-46,49-53,56-71H,3-9H2,1-2H3,(H,47,54)(H,48,55)/t12-,13-,14-,15+,16-,17+,18+,19-,20-,21-,22-,23+,24+,25-,26-,27+,28+,29-,30-,31-,32-,33+,34+,35+,36+,37-,38-,39+,40-,41+,42+,43+,44-,45-,46+/m0/s1. The third kappa shape index (κ3) is 14.9. The Morgan fingerprint density at radius 2 is 0.643 bits per heavy atom. The van der Waals surface area contributed by atoms with Crippen molar-refractivity contribution in [3.8, 4) is 0 Å². The predicted molar refractivity (Wildman–Crippen MR) is 255 cm³/mol. The lowest BCUT2D eigenvalue weighted by Gasteiger charge is -2.51. The van der Waals surface area contributed by atoms with Crippen molar-refractivity contribution in [3.05, 3.63) is 0 Å². The van der Waals surface area contributed by atoms with E-state index in [9.17, 15) is 117 Å². The van der Waals surface area contributed by atoms with Gasteiger partial charge in [0.2, 0.25) is 11.8 Å². The maximum absolute atomic E-state index is 13.0. The van der Waals surface area contributed by atoms with Crippen LogP contribution >= 0.6 is 0 Å². The van der Waals surface area contributed by atoms with Gasteiger partial charge in [-0.05, 0) is 0 Å². The molecule has 7 saturated heterocycles. The fourth-order valence-electron chi connectivity index (χ4n) is 10.6. The first-order valence-electron chi connectivity index (χ1n) is 26.6. The zero-order valence-corrected chi connectivity index (χ0v) is 44.7. The average Bonchev–Trinajstić information content (AvgIpc) is 2.57. The number of nitrogens with one attached hydrogen (secondary N) is 2. The Bertz CT molecular complexity index is 2060.